The van der Waals surface area contributed by atoms with Gasteiger partial charge in [-0.15, -0.1) is 0 Å². The van der Waals surface area contributed by atoms with Crippen molar-refractivity contribution >= 4 is 15.9 Å². The van der Waals surface area contributed by atoms with E-state index in [4.69, 9.17) is 0 Å². The second-order valence-corrected chi connectivity index (χ2v) is 6.52. The van der Waals surface area contributed by atoms with E-state index in [-0.39, 0.29) is 0 Å². The molecule has 1 saturated carbocycles. The van der Waals surface area contributed by atoms with Crippen LogP contribution in [0.5, 0.6) is 0 Å². The van der Waals surface area contributed by atoms with E-state index in [9.17, 15) is 0 Å². The molecule has 1 aliphatic carbocycles. The van der Waals surface area contributed by atoms with Gasteiger partial charge in [-0.25, -0.2) is 0 Å². The van der Waals surface area contributed by atoms with E-state index < -0.39 is 0 Å². The Morgan fingerprint density at radius 1 is 1.19 bits per heavy atom. The SMILES string of the molecule is CC(C)CCN(CC(C)CBr)C1CCCC1. The number of halogens is 1. The Morgan fingerprint density at radius 3 is 2.31 bits per heavy atom. The van der Waals surface area contributed by atoms with Crippen LogP contribution in [0.2, 0.25) is 0 Å². The van der Waals surface area contributed by atoms with Gasteiger partial charge in [0.2, 0.25) is 0 Å². The Balaban J connectivity index is 2.40. The zero-order valence-corrected chi connectivity index (χ0v) is 12.8. The lowest BCUT2D eigenvalue weighted by Gasteiger charge is -2.31. The summed E-state index contributed by atoms with van der Waals surface area (Å²) in [5.74, 6) is 1.62. The maximum absolute atomic E-state index is 3.61. The lowest BCUT2D eigenvalue weighted by atomic mass is 10.1. The molecule has 1 nitrogen and oxygen atoms in total. The summed E-state index contributed by atoms with van der Waals surface area (Å²) in [6, 6.07) is 0.889. The first-order valence-electron chi connectivity index (χ1n) is 6.93. The normalized spacial score (nSPS) is 19.9. The second-order valence-electron chi connectivity index (χ2n) is 5.88. The average Bonchev–Trinajstić information content (AvgIpc) is 2.76. The van der Waals surface area contributed by atoms with Gasteiger partial charge in [-0.3, -0.25) is 0 Å². The molecule has 96 valence electrons. The predicted octanol–water partition coefficient (Wildman–Crippen LogP) is 4.31. The maximum Gasteiger partial charge on any atom is 0.00953 e. The molecule has 0 aromatic carbocycles. The summed E-state index contributed by atoms with van der Waals surface area (Å²) in [7, 11) is 0. The highest BCUT2D eigenvalue weighted by Gasteiger charge is 2.23. The molecule has 0 radical (unpaired) electrons. The molecule has 1 fully saturated rings. The van der Waals surface area contributed by atoms with E-state index in [2.05, 4.69) is 41.6 Å². The van der Waals surface area contributed by atoms with Crippen molar-refractivity contribution in [1.82, 2.24) is 4.90 Å². The van der Waals surface area contributed by atoms with Gasteiger partial charge in [-0.2, -0.15) is 0 Å². The van der Waals surface area contributed by atoms with E-state index >= 15 is 0 Å². The van der Waals surface area contributed by atoms with Crippen LogP contribution in [0.1, 0.15) is 52.9 Å². The van der Waals surface area contributed by atoms with Gasteiger partial charge in [0.05, 0.1) is 0 Å². The predicted molar refractivity (Wildman–Crippen MR) is 76.2 cm³/mol. The fourth-order valence-electron chi connectivity index (χ4n) is 2.57. The quantitative estimate of drug-likeness (QED) is 0.632. The highest BCUT2D eigenvalue weighted by atomic mass is 79.9. The summed E-state index contributed by atoms with van der Waals surface area (Å²) in [6.07, 6.45) is 7.13. The molecule has 0 heterocycles. The second kappa shape index (κ2) is 7.71. The summed E-state index contributed by atoms with van der Waals surface area (Å²) in [4.78, 5) is 2.76. The Kier molecular flexibility index (Phi) is 6.98. The Bertz CT molecular complexity index is 176. The smallest absolute Gasteiger partial charge is 0.00953 e. The maximum atomic E-state index is 3.61. The van der Waals surface area contributed by atoms with Gasteiger partial charge in [0, 0.05) is 17.9 Å². The molecule has 16 heavy (non-hydrogen) atoms. The van der Waals surface area contributed by atoms with E-state index in [0.717, 1.165) is 23.2 Å². The first-order valence-corrected chi connectivity index (χ1v) is 8.05. The summed E-state index contributed by atoms with van der Waals surface area (Å²) in [5.41, 5.74) is 0. The highest BCUT2D eigenvalue weighted by molar-refractivity contribution is 9.09. The van der Waals surface area contributed by atoms with Crippen LogP contribution in [-0.2, 0) is 0 Å². The number of hydrogen-bond acceptors (Lipinski definition) is 1. The van der Waals surface area contributed by atoms with Crippen molar-refractivity contribution < 1.29 is 0 Å². The van der Waals surface area contributed by atoms with Gasteiger partial charge in [-0.1, -0.05) is 49.5 Å². The van der Waals surface area contributed by atoms with Crippen LogP contribution in [0, 0.1) is 11.8 Å². The van der Waals surface area contributed by atoms with Crippen LogP contribution >= 0.6 is 15.9 Å². The standard InChI is InChI=1S/C14H28BrN/c1-12(2)8-9-16(11-13(3)10-15)14-6-4-5-7-14/h12-14H,4-11H2,1-3H3. The third-order valence-electron chi connectivity index (χ3n) is 3.64. The van der Waals surface area contributed by atoms with Crippen molar-refractivity contribution in [2.24, 2.45) is 11.8 Å². The number of alkyl halides is 1. The molecule has 0 saturated heterocycles. The van der Waals surface area contributed by atoms with Gasteiger partial charge in [0.1, 0.15) is 0 Å². The number of rotatable bonds is 7. The minimum atomic E-state index is 0.785. The monoisotopic (exact) mass is 289 g/mol. The van der Waals surface area contributed by atoms with Crippen LogP contribution in [0.3, 0.4) is 0 Å². The topological polar surface area (TPSA) is 3.24 Å². The molecule has 1 rings (SSSR count). The molecule has 0 bridgehead atoms. The minimum Gasteiger partial charge on any atom is -0.300 e. The average molecular weight is 290 g/mol. The van der Waals surface area contributed by atoms with Crippen molar-refractivity contribution in [2.45, 2.75) is 58.9 Å². The Labute approximate surface area is 110 Å². The van der Waals surface area contributed by atoms with Gasteiger partial charge in [0.25, 0.3) is 0 Å². The zero-order chi connectivity index (χ0) is 12.0. The van der Waals surface area contributed by atoms with E-state index in [0.29, 0.717) is 0 Å². The third-order valence-corrected chi connectivity index (χ3v) is 4.75. The minimum absolute atomic E-state index is 0.785. The largest absolute Gasteiger partial charge is 0.300 e. The molecule has 0 spiro atoms. The molecule has 0 aromatic heterocycles. The zero-order valence-electron chi connectivity index (χ0n) is 11.2. The van der Waals surface area contributed by atoms with Crippen LogP contribution in [0.15, 0.2) is 0 Å². The van der Waals surface area contributed by atoms with Gasteiger partial charge in [0.15, 0.2) is 0 Å². The van der Waals surface area contributed by atoms with Crippen molar-refractivity contribution in [3.05, 3.63) is 0 Å². The van der Waals surface area contributed by atoms with E-state index in [1.807, 2.05) is 0 Å². The molecule has 1 aliphatic rings. The molecular weight excluding hydrogens is 262 g/mol. The summed E-state index contributed by atoms with van der Waals surface area (Å²) in [6.45, 7) is 9.61. The molecule has 0 aliphatic heterocycles. The van der Waals surface area contributed by atoms with Gasteiger partial charge >= 0.3 is 0 Å². The molecule has 0 aromatic rings. The first kappa shape index (κ1) is 14.5. The highest BCUT2D eigenvalue weighted by Crippen LogP contribution is 2.25. The van der Waals surface area contributed by atoms with Crippen molar-refractivity contribution in [3.63, 3.8) is 0 Å². The summed E-state index contributed by atoms with van der Waals surface area (Å²) >= 11 is 3.61. The fraction of sp³-hybridized carbons (Fsp3) is 1.00. The summed E-state index contributed by atoms with van der Waals surface area (Å²) < 4.78 is 0. The van der Waals surface area contributed by atoms with Crippen molar-refractivity contribution in [1.29, 1.82) is 0 Å². The lowest BCUT2D eigenvalue weighted by molar-refractivity contribution is 0.169. The number of nitrogens with zero attached hydrogens (tertiary/aromatic N) is 1. The van der Waals surface area contributed by atoms with Crippen molar-refractivity contribution in [2.75, 3.05) is 18.4 Å². The van der Waals surface area contributed by atoms with Crippen LogP contribution in [0.25, 0.3) is 0 Å². The third kappa shape index (κ3) is 5.18. The Hall–Kier alpha value is 0.440. The first-order chi connectivity index (χ1) is 7.63. The fourth-order valence-corrected chi connectivity index (χ4v) is 2.77. The Morgan fingerprint density at radius 2 is 1.81 bits per heavy atom. The lowest BCUT2D eigenvalue weighted by Crippen LogP contribution is -2.38. The summed E-state index contributed by atoms with van der Waals surface area (Å²) in [5, 5.41) is 1.14. The molecule has 0 amide bonds. The van der Waals surface area contributed by atoms with Gasteiger partial charge < -0.3 is 4.90 Å². The molecule has 0 N–H and O–H groups in total. The molecular formula is C14H28BrN. The van der Waals surface area contributed by atoms with Crippen LogP contribution in [-0.4, -0.2) is 29.4 Å². The molecule has 2 heteroatoms. The van der Waals surface area contributed by atoms with Crippen molar-refractivity contribution in [3.8, 4) is 0 Å². The molecule has 1 atom stereocenters. The van der Waals surface area contributed by atoms with Crippen LogP contribution < -0.4 is 0 Å². The van der Waals surface area contributed by atoms with E-state index in [1.54, 1.807) is 0 Å². The van der Waals surface area contributed by atoms with Crippen LogP contribution in [0.4, 0.5) is 0 Å². The van der Waals surface area contributed by atoms with E-state index in [1.165, 1.54) is 45.2 Å². The van der Waals surface area contributed by atoms with Gasteiger partial charge in [-0.05, 0) is 37.6 Å². The number of hydrogen-bond donors (Lipinski definition) is 0. The molecule has 1 unspecified atom stereocenters.